The molecule has 0 radical (unpaired) electrons. The molecule has 0 bridgehead atoms. The van der Waals surface area contributed by atoms with Crippen molar-refractivity contribution in [1.82, 2.24) is 24.9 Å². The lowest BCUT2D eigenvalue weighted by molar-refractivity contribution is 0.0736. The van der Waals surface area contributed by atoms with Crippen LogP contribution in [0.4, 0.5) is 11.6 Å². The van der Waals surface area contributed by atoms with Gasteiger partial charge in [-0.25, -0.2) is 9.97 Å². The summed E-state index contributed by atoms with van der Waals surface area (Å²) in [7, 11) is 2.14. The van der Waals surface area contributed by atoms with Gasteiger partial charge in [-0.05, 0) is 14.0 Å². The number of hydrogen-bond acceptors (Lipinski definition) is 8. The van der Waals surface area contributed by atoms with Gasteiger partial charge in [-0.1, -0.05) is 5.16 Å². The molecule has 0 unspecified atom stereocenters. The van der Waals surface area contributed by atoms with Gasteiger partial charge in [0.25, 0.3) is 5.91 Å². The third-order valence-electron chi connectivity index (χ3n) is 5.20. The van der Waals surface area contributed by atoms with Crippen LogP contribution in [-0.2, 0) is 0 Å². The summed E-state index contributed by atoms with van der Waals surface area (Å²) in [4.78, 5) is 30.0. The summed E-state index contributed by atoms with van der Waals surface area (Å²) in [5.41, 5.74) is 0.375. The summed E-state index contributed by atoms with van der Waals surface area (Å²) in [6.07, 6.45) is 1.64. The van der Waals surface area contributed by atoms with Crippen LogP contribution in [0.5, 0.6) is 0 Å². The van der Waals surface area contributed by atoms with Gasteiger partial charge < -0.3 is 24.1 Å². The first-order valence-electron chi connectivity index (χ1n) is 9.33. The van der Waals surface area contributed by atoms with Crippen molar-refractivity contribution in [3.05, 3.63) is 29.9 Å². The summed E-state index contributed by atoms with van der Waals surface area (Å²) in [6.45, 7) is 8.58. The minimum atomic E-state index is -0.0766. The second-order valence-electron chi connectivity index (χ2n) is 7.13. The minimum Gasteiger partial charge on any atom is -0.361 e. The molecule has 2 aromatic rings. The van der Waals surface area contributed by atoms with Crippen LogP contribution in [0.25, 0.3) is 0 Å². The first-order valence-corrected chi connectivity index (χ1v) is 9.33. The standard InChI is InChI=1S/C18H25N7O2/c1-14-11-15(21-27-14)18(26)25-9-7-24(8-10-25)17-12-16(19-13-20-17)23-5-3-22(2)4-6-23/h11-13H,3-10H2,1-2H3. The first kappa shape index (κ1) is 17.7. The number of likely N-dealkylation sites (N-methyl/N-ethyl adjacent to an activating group) is 1. The number of aromatic nitrogens is 3. The van der Waals surface area contributed by atoms with Crippen LogP contribution in [-0.4, -0.2) is 90.2 Å². The Bertz CT molecular complexity index is 793. The lowest BCUT2D eigenvalue weighted by atomic mass is 10.2. The molecule has 2 aliphatic rings. The Labute approximate surface area is 158 Å². The van der Waals surface area contributed by atoms with Crippen molar-refractivity contribution < 1.29 is 9.32 Å². The monoisotopic (exact) mass is 371 g/mol. The zero-order valence-corrected chi connectivity index (χ0v) is 15.8. The highest BCUT2D eigenvalue weighted by molar-refractivity contribution is 5.92. The predicted octanol–water partition coefficient (Wildman–Crippen LogP) is 0.487. The number of aryl methyl sites for hydroxylation is 1. The molecule has 0 atom stereocenters. The molecule has 1 amide bonds. The van der Waals surface area contributed by atoms with E-state index in [1.807, 2.05) is 4.90 Å². The molecule has 2 saturated heterocycles. The highest BCUT2D eigenvalue weighted by atomic mass is 16.5. The summed E-state index contributed by atoms with van der Waals surface area (Å²) >= 11 is 0. The van der Waals surface area contributed by atoms with E-state index in [9.17, 15) is 4.79 Å². The maximum atomic E-state index is 12.5. The Morgan fingerprint density at radius 3 is 2.07 bits per heavy atom. The lowest BCUT2D eigenvalue weighted by Gasteiger charge is -2.36. The van der Waals surface area contributed by atoms with Gasteiger partial charge in [-0.15, -0.1) is 0 Å². The molecule has 27 heavy (non-hydrogen) atoms. The van der Waals surface area contributed by atoms with Crippen molar-refractivity contribution in [1.29, 1.82) is 0 Å². The number of carbonyl (C=O) groups is 1. The number of nitrogens with zero attached hydrogens (tertiary/aromatic N) is 7. The topological polar surface area (TPSA) is 81.8 Å². The van der Waals surface area contributed by atoms with Crippen molar-refractivity contribution >= 4 is 17.5 Å². The van der Waals surface area contributed by atoms with Crippen LogP contribution < -0.4 is 9.80 Å². The fraction of sp³-hybridized carbons (Fsp3) is 0.556. The van der Waals surface area contributed by atoms with Gasteiger partial charge in [0.1, 0.15) is 23.7 Å². The fourth-order valence-electron chi connectivity index (χ4n) is 3.49. The van der Waals surface area contributed by atoms with Crippen LogP contribution in [0.2, 0.25) is 0 Å². The van der Waals surface area contributed by atoms with E-state index in [-0.39, 0.29) is 5.91 Å². The van der Waals surface area contributed by atoms with E-state index in [0.29, 0.717) is 24.5 Å². The molecule has 0 spiro atoms. The normalized spacial score (nSPS) is 18.8. The highest BCUT2D eigenvalue weighted by Crippen LogP contribution is 2.20. The maximum absolute atomic E-state index is 12.5. The lowest BCUT2D eigenvalue weighted by Crippen LogP contribution is -2.49. The Kier molecular flexibility index (Phi) is 4.93. The van der Waals surface area contributed by atoms with Crippen molar-refractivity contribution in [2.75, 3.05) is 69.2 Å². The Balaban J connectivity index is 1.38. The summed E-state index contributed by atoms with van der Waals surface area (Å²) in [5, 5.41) is 3.83. The van der Waals surface area contributed by atoms with Gasteiger partial charge in [0.2, 0.25) is 0 Å². The second kappa shape index (κ2) is 7.51. The minimum absolute atomic E-state index is 0.0766. The summed E-state index contributed by atoms with van der Waals surface area (Å²) in [6, 6.07) is 3.74. The summed E-state index contributed by atoms with van der Waals surface area (Å²) < 4.78 is 5.01. The van der Waals surface area contributed by atoms with Gasteiger partial charge in [0.05, 0.1) is 0 Å². The van der Waals surface area contributed by atoms with Crippen LogP contribution in [0.15, 0.2) is 23.0 Å². The molecule has 0 aromatic carbocycles. The molecule has 2 aromatic heterocycles. The number of hydrogen-bond donors (Lipinski definition) is 0. The van der Waals surface area contributed by atoms with E-state index < -0.39 is 0 Å². The predicted molar refractivity (Wildman–Crippen MR) is 101 cm³/mol. The zero-order valence-electron chi connectivity index (χ0n) is 15.8. The van der Waals surface area contributed by atoms with Gasteiger partial charge in [0.15, 0.2) is 5.69 Å². The Morgan fingerprint density at radius 1 is 0.926 bits per heavy atom. The van der Waals surface area contributed by atoms with E-state index in [4.69, 9.17) is 4.52 Å². The highest BCUT2D eigenvalue weighted by Gasteiger charge is 2.25. The Morgan fingerprint density at radius 2 is 1.52 bits per heavy atom. The first-order chi connectivity index (χ1) is 13.1. The number of piperazine rings is 2. The molecule has 0 N–H and O–H groups in total. The largest absolute Gasteiger partial charge is 0.361 e. The van der Waals surface area contributed by atoms with E-state index in [2.05, 4.69) is 42.9 Å². The number of amides is 1. The van der Waals surface area contributed by atoms with Crippen LogP contribution in [0, 0.1) is 6.92 Å². The quantitative estimate of drug-likeness (QED) is 0.771. The Hall–Kier alpha value is -2.68. The smallest absolute Gasteiger partial charge is 0.276 e. The summed E-state index contributed by atoms with van der Waals surface area (Å²) in [5.74, 6) is 2.47. The SMILES string of the molecule is Cc1cc(C(=O)N2CCN(c3cc(N4CCN(C)CC4)ncn3)CC2)no1. The molecular formula is C18H25N7O2. The van der Waals surface area contributed by atoms with Crippen LogP contribution in [0.3, 0.4) is 0 Å². The van der Waals surface area contributed by atoms with Gasteiger partial charge in [-0.3, -0.25) is 4.79 Å². The molecule has 9 heteroatoms. The molecule has 144 valence electrons. The number of carbonyl (C=O) groups excluding carboxylic acids is 1. The van der Waals surface area contributed by atoms with Crippen LogP contribution >= 0.6 is 0 Å². The van der Waals surface area contributed by atoms with Gasteiger partial charge >= 0.3 is 0 Å². The molecule has 0 aliphatic carbocycles. The van der Waals surface area contributed by atoms with Crippen molar-refractivity contribution in [3.8, 4) is 0 Å². The van der Waals surface area contributed by atoms with E-state index in [1.54, 1.807) is 19.3 Å². The molecular weight excluding hydrogens is 346 g/mol. The molecule has 9 nitrogen and oxygen atoms in total. The van der Waals surface area contributed by atoms with Crippen LogP contribution in [0.1, 0.15) is 16.2 Å². The molecule has 0 saturated carbocycles. The zero-order chi connectivity index (χ0) is 18.8. The van der Waals surface area contributed by atoms with E-state index in [1.165, 1.54) is 0 Å². The van der Waals surface area contributed by atoms with Crippen molar-refractivity contribution in [2.45, 2.75) is 6.92 Å². The van der Waals surface area contributed by atoms with E-state index >= 15 is 0 Å². The maximum Gasteiger partial charge on any atom is 0.276 e. The van der Waals surface area contributed by atoms with Crippen molar-refractivity contribution in [3.63, 3.8) is 0 Å². The van der Waals surface area contributed by atoms with Crippen molar-refractivity contribution in [2.24, 2.45) is 0 Å². The third kappa shape index (κ3) is 3.87. The molecule has 2 fully saturated rings. The molecule has 2 aliphatic heterocycles. The third-order valence-corrected chi connectivity index (χ3v) is 5.20. The van der Waals surface area contributed by atoms with Gasteiger partial charge in [-0.2, -0.15) is 0 Å². The number of rotatable bonds is 3. The second-order valence-corrected chi connectivity index (χ2v) is 7.13. The number of anilines is 2. The fourth-order valence-corrected chi connectivity index (χ4v) is 3.49. The average Bonchev–Trinajstić information content (AvgIpc) is 3.14. The van der Waals surface area contributed by atoms with Gasteiger partial charge in [0, 0.05) is 64.5 Å². The molecule has 4 heterocycles. The molecule has 4 rings (SSSR count). The van der Waals surface area contributed by atoms with E-state index in [0.717, 1.165) is 50.9 Å². The average molecular weight is 371 g/mol.